The molecule has 2 aromatic carbocycles. The first-order valence-corrected chi connectivity index (χ1v) is 7.02. The van der Waals surface area contributed by atoms with E-state index < -0.39 is 0 Å². The summed E-state index contributed by atoms with van der Waals surface area (Å²) in [4.78, 5) is 14.2. The summed E-state index contributed by atoms with van der Waals surface area (Å²) < 4.78 is 5.57. The fraction of sp³-hybridized carbons (Fsp3) is 0.235. The minimum atomic E-state index is -0.129. The summed E-state index contributed by atoms with van der Waals surface area (Å²) in [5.74, 6) is 0.749. The van der Waals surface area contributed by atoms with E-state index in [2.05, 4.69) is 11.4 Å². The van der Waals surface area contributed by atoms with Gasteiger partial charge in [0.05, 0.1) is 12.2 Å². The lowest BCUT2D eigenvalue weighted by Gasteiger charge is -2.29. The average Bonchev–Trinajstić information content (AvgIpc) is 2.45. The molecule has 0 unspecified atom stereocenters. The number of aryl methyl sites for hydroxylation is 2. The van der Waals surface area contributed by atoms with Crippen LogP contribution < -0.4 is 15.0 Å². The molecule has 4 heteroatoms. The standard InChI is InChI=1S/C17H18N2O2/c1-12-9-13(2)11-14(10-12)18-17(20)19-7-8-21-16-6-4-3-5-15(16)19/h3-6,9-11H,7-8H2,1-2H3,(H,18,20). The van der Waals surface area contributed by atoms with Gasteiger partial charge in [0.15, 0.2) is 0 Å². The minimum absolute atomic E-state index is 0.129. The van der Waals surface area contributed by atoms with Crippen LogP contribution in [-0.4, -0.2) is 19.2 Å². The Morgan fingerprint density at radius 2 is 1.86 bits per heavy atom. The summed E-state index contributed by atoms with van der Waals surface area (Å²) in [5.41, 5.74) is 3.90. The van der Waals surface area contributed by atoms with Gasteiger partial charge in [-0.1, -0.05) is 18.2 Å². The first-order valence-electron chi connectivity index (χ1n) is 7.02. The maximum atomic E-state index is 12.5. The second-order valence-electron chi connectivity index (χ2n) is 5.27. The molecule has 2 amide bonds. The van der Waals surface area contributed by atoms with Crippen molar-refractivity contribution < 1.29 is 9.53 Å². The highest BCUT2D eigenvalue weighted by atomic mass is 16.5. The topological polar surface area (TPSA) is 41.6 Å². The number of carbonyl (C=O) groups excluding carboxylic acids is 1. The zero-order valence-electron chi connectivity index (χ0n) is 12.2. The van der Waals surface area contributed by atoms with Crippen LogP contribution in [0.4, 0.5) is 16.2 Å². The number of nitrogens with one attached hydrogen (secondary N) is 1. The maximum absolute atomic E-state index is 12.5. The summed E-state index contributed by atoms with van der Waals surface area (Å²) in [6.45, 7) is 5.10. The first kappa shape index (κ1) is 13.5. The van der Waals surface area contributed by atoms with Crippen LogP contribution in [0.25, 0.3) is 0 Å². The second kappa shape index (κ2) is 5.48. The molecule has 0 saturated carbocycles. The van der Waals surface area contributed by atoms with E-state index in [0.717, 1.165) is 28.3 Å². The fourth-order valence-corrected chi connectivity index (χ4v) is 2.62. The molecule has 1 aliphatic rings. The number of fused-ring (bicyclic) bond motifs is 1. The van der Waals surface area contributed by atoms with E-state index in [1.807, 2.05) is 50.2 Å². The van der Waals surface area contributed by atoms with Crippen LogP contribution in [-0.2, 0) is 0 Å². The highest BCUT2D eigenvalue weighted by Crippen LogP contribution is 2.31. The zero-order chi connectivity index (χ0) is 14.8. The molecular weight excluding hydrogens is 264 g/mol. The van der Waals surface area contributed by atoms with Crippen LogP contribution in [0.3, 0.4) is 0 Å². The van der Waals surface area contributed by atoms with E-state index in [9.17, 15) is 4.79 Å². The van der Waals surface area contributed by atoms with Crippen molar-refractivity contribution in [2.24, 2.45) is 0 Å². The van der Waals surface area contributed by atoms with Gasteiger partial charge in [-0.15, -0.1) is 0 Å². The van der Waals surface area contributed by atoms with Gasteiger partial charge in [0.1, 0.15) is 12.4 Å². The summed E-state index contributed by atoms with van der Waals surface area (Å²) in [5, 5.41) is 2.97. The van der Waals surface area contributed by atoms with Gasteiger partial charge < -0.3 is 10.1 Å². The van der Waals surface area contributed by atoms with Crippen LogP contribution in [0.5, 0.6) is 5.75 Å². The molecule has 4 nitrogen and oxygen atoms in total. The van der Waals surface area contributed by atoms with Gasteiger partial charge >= 0.3 is 6.03 Å². The normalized spacial score (nSPS) is 13.3. The monoisotopic (exact) mass is 282 g/mol. The predicted molar refractivity (Wildman–Crippen MR) is 84.2 cm³/mol. The number of nitrogens with zero attached hydrogens (tertiary/aromatic N) is 1. The third-order valence-corrected chi connectivity index (χ3v) is 3.45. The van der Waals surface area contributed by atoms with Crippen molar-refractivity contribution in [1.82, 2.24) is 0 Å². The number of amides is 2. The van der Waals surface area contributed by atoms with Gasteiger partial charge in [-0.3, -0.25) is 4.90 Å². The molecular formula is C17H18N2O2. The number of para-hydroxylation sites is 2. The smallest absolute Gasteiger partial charge is 0.326 e. The molecule has 2 aromatic rings. The molecule has 0 aliphatic carbocycles. The molecule has 1 aliphatic heterocycles. The van der Waals surface area contributed by atoms with Gasteiger partial charge in [0.2, 0.25) is 0 Å². The molecule has 108 valence electrons. The molecule has 1 heterocycles. The predicted octanol–water partition coefficient (Wildman–Crippen LogP) is 3.73. The van der Waals surface area contributed by atoms with Gasteiger partial charge in [0, 0.05) is 5.69 Å². The number of benzene rings is 2. The maximum Gasteiger partial charge on any atom is 0.326 e. The van der Waals surface area contributed by atoms with E-state index in [1.165, 1.54) is 0 Å². The summed E-state index contributed by atoms with van der Waals surface area (Å²) >= 11 is 0. The summed E-state index contributed by atoms with van der Waals surface area (Å²) in [7, 11) is 0. The van der Waals surface area contributed by atoms with Crippen molar-refractivity contribution >= 4 is 17.4 Å². The van der Waals surface area contributed by atoms with Crippen LogP contribution in [0, 0.1) is 13.8 Å². The SMILES string of the molecule is Cc1cc(C)cc(NC(=O)N2CCOc3ccccc32)c1. The summed E-state index contributed by atoms with van der Waals surface area (Å²) in [6, 6.07) is 13.5. The van der Waals surface area contributed by atoms with Crippen molar-refractivity contribution in [3.05, 3.63) is 53.6 Å². The van der Waals surface area contributed by atoms with Crippen molar-refractivity contribution in [2.45, 2.75) is 13.8 Å². The third kappa shape index (κ3) is 2.84. The largest absolute Gasteiger partial charge is 0.490 e. The molecule has 0 radical (unpaired) electrons. The minimum Gasteiger partial charge on any atom is -0.490 e. The quantitative estimate of drug-likeness (QED) is 0.865. The molecule has 0 spiro atoms. The molecule has 0 saturated heterocycles. The lowest BCUT2D eigenvalue weighted by molar-refractivity contribution is 0.250. The number of hydrogen-bond acceptors (Lipinski definition) is 2. The highest BCUT2D eigenvalue weighted by molar-refractivity contribution is 6.03. The number of urea groups is 1. The van der Waals surface area contributed by atoms with Gasteiger partial charge in [-0.2, -0.15) is 0 Å². The molecule has 0 fully saturated rings. The summed E-state index contributed by atoms with van der Waals surface area (Å²) in [6.07, 6.45) is 0. The number of hydrogen-bond donors (Lipinski definition) is 1. The Bertz CT molecular complexity index is 662. The Kier molecular flexibility index (Phi) is 3.52. The molecule has 21 heavy (non-hydrogen) atoms. The number of anilines is 2. The fourth-order valence-electron chi connectivity index (χ4n) is 2.62. The van der Waals surface area contributed by atoms with Crippen LogP contribution in [0.2, 0.25) is 0 Å². The van der Waals surface area contributed by atoms with E-state index in [4.69, 9.17) is 4.74 Å². The van der Waals surface area contributed by atoms with Crippen molar-refractivity contribution in [2.75, 3.05) is 23.4 Å². The Morgan fingerprint density at radius 3 is 2.62 bits per heavy atom. The Balaban J connectivity index is 1.83. The van der Waals surface area contributed by atoms with Gasteiger partial charge in [0.25, 0.3) is 0 Å². The van der Waals surface area contributed by atoms with Gasteiger partial charge in [-0.05, 0) is 49.2 Å². The third-order valence-electron chi connectivity index (χ3n) is 3.45. The van der Waals surface area contributed by atoms with Crippen LogP contribution >= 0.6 is 0 Å². The van der Waals surface area contributed by atoms with Crippen molar-refractivity contribution in [1.29, 1.82) is 0 Å². The zero-order valence-corrected chi connectivity index (χ0v) is 12.2. The van der Waals surface area contributed by atoms with Crippen molar-refractivity contribution in [3.63, 3.8) is 0 Å². The van der Waals surface area contributed by atoms with Crippen molar-refractivity contribution in [3.8, 4) is 5.75 Å². The molecule has 0 aromatic heterocycles. The van der Waals surface area contributed by atoms with E-state index in [-0.39, 0.29) is 6.03 Å². The number of rotatable bonds is 1. The molecule has 3 rings (SSSR count). The van der Waals surface area contributed by atoms with E-state index in [0.29, 0.717) is 13.2 Å². The first-order chi connectivity index (χ1) is 10.1. The molecule has 1 N–H and O–H groups in total. The molecule has 0 atom stereocenters. The average molecular weight is 282 g/mol. The number of ether oxygens (including phenoxy) is 1. The Labute approximate surface area is 124 Å². The van der Waals surface area contributed by atoms with Crippen LogP contribution in [0.1, 0.15) is 11.1 Å². The Morgan fingerprint density at radius 1 is 1.14 bits per heavy atom. The van der Waals surface area contributed by atoms with E-state index >= 15 is 0 Å². The van der Waals surface area contributed by atoms with Crippen LogP contribution in [0.15, 0.2) is 42.5 Å². The lowest BCUT2D eigenvalue weighted by Crippen LogP contribution is -2.40. The lowest BCUT2D eigenvalue weighted by atomic mass is 10.1. The Hall–Kier alpha value is -2.49. The molecule has 0 bridgehead atoms. The number of carbonyl (C=O) groups is 1. The van der Waals surface area contributed by atoms with E-state index in [1.54, 1.807) is 4.90 Å². The highest BCUT2D eigenvalue weighted by Gasteiger charge is 2.23. The van der Waals surface area contributed by atoms with Gasteiger partial charge in [-0.25, -0.2) is 4.79 Å². The second-order valence-corrected chi connectivity index (χ2v) is 5.27.